The van der Waals surface area contributed by atoms with Crippen LogP contribution in [0.25, 0.3) is 10.9 Å². The second-order valence-electron chi connectivity index (χ2n) is 5.08. The van der Waals surface area contributed by atoms with E-state index in [2.05, 4.69) is 9.97 Å². The molecular formula is C14H17N3O. The Morgan fingerprint density at radius 2 is 1.89 bits per heavy atom. The summed E-state index contributed by atoms with van der Waals surface area (Å²) in [7, 11) is 0. The van der Waals surface area contributed by atoms with Crippen LogP contribution in [0.15, 0.2) is 29.1 Å². The summed E-state index contributed by atoms with van der Waals surface area (Å²) >= 11 is 0. The molecular weight excluding hydrogens is 226 g/mol. The van der Waals surface area contributed by atoms with Gasteiger partial charge in [-0.1, -0.05) is 12.1 Å². The molecule has 0 spiro atoms. The fourth-order valence-corrected chi connectivity index (χ4v) is 2.69. The molecule has 0 amide bonds. The number of para-hydroxylation sites is 1. The van der Waals surface area contributed by atoms with Crippen LogP contribution < -0.4 is 11.3 Å². The molecule has 0 saturated heterocycles. The van der Waals surface area contributed by atoms with Crippen LogP contribution in [0.4, 0.5) is 0 Å². The van der Waals surface area contributed by atoms with Gasteiger partial charge in [-0.25, -0.2) is 4.98 Å². The molecule has 0 atom stereocenters. The lowest BCUT2D eigenvalue weighted by Gasteiger charge is -2.25. The summed E-state index contributed by atoms with van der Waals surface area (Å²) in [5.74, 6) is 1.17. The molecule has 0 unspecified atom stereocenters. The van der Waals surface area contributed by atoms with Gasteiger partial charge in [-0.3, -0.25) is 4.79 Å². The van der Waals surface area contributed by atoms with Gasteiger partial charge in [0, 0.05) is 12.0 Å². The Morgan fingerprint density at radius 1 is 1.17 bits per heavy atom. The van der Waals surface area contributed by atoms with Gasteiger partial charge in [0.05, 0.1) is 10.9 Å². The van der Waals surface area contributed by atoms with Crippen molar-refractivity contribution in [3.8, 4) is 0 Å². The topological polar surface area (TPSA) is 71.8 Å². The fraction of sp³-hybridized carbons (Fsp3) is 0.429. The lowest BCUT2D eigenvalue weighted by atomic mass is 9.86. The zero-order valence-corrected chi connectivity index (χ0v) is 10.2. The molecule has 4 nitrogen and oxygen atoms in total. The summed E-state index contributed by atoms with van der Waals surface area (Å²) in [5.41, 5.74) is 6.65. The molecule has 4 heteroatoms. The number of nitrogens with zero attached hydrogens (tertiary/aromatic N) is 1. The molecule has 0 radical (unpaired) electrons. The third-order valence-electron chi connectivity index (χ3n) is 3.79. The van der Waals surface area contributed by atoms with Gasteiger partial charge in [-0.15, -0.1) is 0 Å². The van der Waals surface area contributed by atoms with Crippen LogP contribution in [0, 0.1) is 0 Å². The maximum absolute atomic E-state index is 12.0. The van der Waals surface area contributed by atoms with Crippen molar-refractivity contribution in [3.63, 3.8) is 0 Å². The summed E-state index contributed by atoms with van der Waals surface area (Å²) in [6.07, 6.45) is 4.06. The molecule has 1 aromatic heterocycles. The van der Waals surface area contributed by atoms with Crippen molar-refractivity contribution in [3.05, 3.63) is 40.4 Å². The maximum atomic E-state index is 12.0. The van der Waals surface area contributed by atoms with Crippen LogP contribution in [0.2, 0.25) is 0 Å². The highest BCUT2D eigenvalue weighted by Crippen LogP contribution is 2.30. The predicted octanol–water partition coefficient (Wildman–Crippen LogP) is 1.91. The molecule has 1 aliphatic carbocycles. The van der Waals surface area contributed by atoms with Crippen LogP contribution >= 0.6 is 0 Å². The van der Waals surface area contributed by atoms with Gasteiger partial charge in [0.1, 0.15) is 5.82 Å². The molecule has 18 heavy (non-hydrogen) atoms. The third-order valence-corrected chi connectivity index (χ3v) is 3.79. The number of hydrogen-bond acceptors (Lipinski definition) is 3. The van der Waals surface area contributed by atoms with Crippen molar-refractivity contribution in [1.82, 2.24) is 9.97 Å². The maximum Gasteiger partial charge on any atom is 0.258 e. The van der Waals surface area contributed by atoms with E-state index in [9.17, 15) is 4.79 Å². The van der Waals surface area contributed by atoms with E-state index < -0.39 is 0 Å². The molecule has 1 fully saturated rings. The highest BCUT2D eigenvalue weighted by molar-refractivity contribution is 5.77. The fourth-order valence-electron chi connectivity index (χ4n) is 2.69. The molecule has 1 aliphatic rings. The Hall–Kier alpha value is -1.68. The average Bonchev–Trinajstić information content (AvgIpc) is 2.39. The van der Waals surface area contributed by atoms with Crippen molar-refractivity contribution in [2.45, 2.75) is 37.6 Å². The summed E-state index contributed by atoms with van der Waals surface area (Å²) in [4.78, 5) is 19.5. The van der Waals surface area contributed by atoms with E-state index in [1.807, 2.05) is 24.3 Å². The molecule has 94 valence electrons. The first kappa shape index (κ1) is 11.4. The Kier molecular flexibility index (Phi) is 2.88. The molecule has 1 saturated carbocycles. The summed E-state index contributed by atoms with van der Waals surface area (Å²) in [5, 5.41) is 0.661. The Balaban J connectivity index is 2.00. The molecule has 2 aromatic rings. The second-order valence-corrected chi connectivity index (χ2v) is 5.08. The zero-order chi connectivity index (χ0) is 12.5. The molecule has 0 bridgehead atoms. The molecule has 1 aromatic carbocycles. The monoisotopic (exact) mass is 243 g/mol. The number of benzene rings is 1. The highest BCUT2D eigenvalue weighted by Gasteiger charge is 2.22. The van der Waals surface area contributed by atoms with Gasteiger partial charge in [0.15, 0.2) is 0 Å². The lowest BCUT2D eigenvalue weighted by Crippen LogP contribution is -2.27. The van der Waals surface area contributed by atoms with Crippen LogP contribution in [0.1, 0.15) is 37.4 Å². The quantitative estimate of drug-likeness (QED) is 0.803. The molecule has 1 heterocycles. The number of aromatic nitrogens is 2. The smallest absolute Gasteiger partial charge is 0.258 e. The first-order valence-corrected chi connectivity index (χ1v) is 6.48. The van der Waals surface area contributed by atoms with E-state index in [1.165, 1.54) is 0 Å². The number of rotatable bonds is 1. The molecule has 3 rings (SSSR count). The van der Waals surface area contributed by atoms with E-state index >= 15 is 0 Å². The standard InChI is InChI=1S/C14H17N3O/c15-10-7-5-9(6-8-10)13-16-12-4-2-1-3-11(12)14(18)17-13/h1-4,9-10H,5-8,15H2,(H,16,17,18). The minimum Gasteiger partial charge on any atom is -0.328 e. The summed E-state index contributed by atoms with van der Waals surface area (Å²) in [6, 6.07) is 7.78. The Morgan fingerprint density at radius 3 is 2.67 bits per heavy atom. The largest absolute Gasteiger partial charge is 0.328 e. The van der Waals surface area contributed by atoms with E-state index in [-0.39, 0.29) is 5.56 Å². The SMILES string of the molecule is NC1CCC(c2nc3ccccc3c(=O)[nH]2)CC1. The Labute approximate surface area is 105 Å². The van der Waals surface area contributed by atoms with Crippen LogP contribution in [0.3, 0.4) is 0 Å². The molecule has 0 aliphatic heterocycles. The third kappa shape index (κ3) is 2.04. The van der Waals surface area contributed by atoms with Crippen LogP contribution in [0.5, 0.6) is 0 Å². The highest BCUT2D eigenvalue weighted by atomic mass is 16.1. The van der Waals surface area contributed by atoms with E-state index in [0.29, 0.717) is 17.3 Å². The van der Waals surface area contributed by atoms with Crippen molar-refractivity contribution in [2.75, 3.05) is 0 Å². The van der Waals surface area contributed by atoms with Crippen LogP contribution in [-0.4, -0.2) is 16.0 Å². The number of nitrogens with one attached hydrogen (secondary N) is 1. The number of nitrogens with two attached hydrogens (primary N) is 1. The normalized spacial score (nSPS) is 24.3. The van der Waals surface area contributed by atoms with Crippen molar-refractivity contribution < 1.29 is 0 Å². The van der Waals surface area contributed by atoms with Gasteiger partial charge < -0.3 is 10.7 Å². The average molecular weight is 243 g/mol. The number of fused-ring (bicyclic) bond motifs is 1. The molecule has 3 N–H and O–H groups in total. The summed E-state index contributed by atoms with van der Waals surface area (Å²) < 4.78 is 0. The van der Waals surface area contributed by atoms with Gasteiger partial charge >= 0.3 is 0 Å². The zero-order valence-electron chi connectivity index (χ0n) is 10.2. The van der Waals surface area contributed by atoms with Crippen molar-refractivity contribution in [1.29, 1.82) is 0 Å². The second kappa shape index (κ2) is 4.53. The van der Waals surface area contributed by atoms with E-state index in [4.69, 9.17) is 5.73 Å². The summed E-state index contributed by atoms with van der Waals surface area (Å²) in [6.45, 7) is 0. The lowest BCUT2D eigenvalue weighted by molar-refractivity contribution is 0.385. The predicted molar refractivity (Wildman–Crippen MR) is 71.5 cm³/mol. The van der Waals surface area contributed by atoms with E-state index in [0.717, 1.165) is 37.0 Å². The van der Waals surface area contributed by atoms with E-state index in [1.54, 1.807) is 0 Å². The first-order valence-electron chi connectivity index (χ1n) is 6.48. The van der Waals surface area contributed by atoms with Crippen LogP contribution in [-0.2, 0) is 0 Å². The van der Waals surface area contributed by atoms with Crippen molar-refractivity contribution in [2.24, 2.45) is 5.73 Å². The first-order chi connectivity index (χ1) is 8.74. The minimum absolute atomic E-state index is 0.0366. The number of aromatic amines is 1. The number of hydrogen-bond donors (Lipinski definition) is 2. The van der Waals surface area contributed by atoms with Gasteiger partial charge in [-0.2, -0.15) is 0 Å². The Bertz CT molecular complexity index is 612. The van der Waals surface area contributed by atoms with Gasteiger partial charge in [0.25, 0.3) is 5.56 Å². The number of H-pyrrole nitrogens is 1. The van der Waals surface area contributed by atoms with Gasteiger partial charge in [0.2, 0.25) is 0 Å². The van der Waals surface area contributed by atoms with Crippen molar-refractivity contribution >= 4 is 10.9 Å². The minimum atomic E-state index is -0.0366. The van der Waals surface area contributed by atoms with Gasteiger partial charge in [-0.05, 0) is 37.8 Å².